The lowest BCUT2D eigenvalue weighted by atomic mass is 10.3. The van der Waals surface area contributed by atoms with E-state index in [1.807, 2.05) is 0 Å². The summed E-state index contributed by atoms with van der Waals surface area (Å²) in [7, 11) is 0. The molecule has 1 atom stereocenters. The van der Waals surface area contributed by atoms with Gasteiger partial charge in [0.1, 0.15) is 5.69 Å². The van der Waals surface area contributed by atoms with E-state index in [1.54, 1.807) is 12.3 Å². The summed E-state index contributed by atoms with van der Waals surface area (Å²) in [4.78, 5) is 24.3. The number of aliphatic hydroxyl groups is 1. The Morgan fingerprint density at radius 2 is 2.29 bits per heavy atom. The maximum Gasteiger partial charge on any atom is 0.328 e. The molecule has 1 aromatic heterocycles. The van der Waals surface area contributed by atoms with Crippen LogP contribution in [0.2, 0.25) is 0 Å². The van der Waals surface area contributed by atoms with Crippen molar-refractivity contribution in [3.8, 4) is 0 Å². The standard InChI is InChI=1S/C8H10N2O4/c11-4-6(8(13)14)10-7(12)5-2-1-3-9-5/h1-3,6,9,11H,4H2,(H,10,12)(H,13,14)/t6-/m1/s1. The van der Waals surface area contributed by atoms with Crippen LogP contribution >= 0.6 is 0 Å². The summed E-state index contributed by atoms with van der Waals surface area (Å²) in [5.74, 6) is -1.83. The summed E-state index contributed by atoms with van der Waals surface area (Å²) in [6, 6.07) is 1.85. The van der Waals surface area contributed by atoms with E-state index < -0.39 is 24.5 Å². The molecule has 0 bridgehead atoms. The molecule has 0 aliphatic heterocycles. The summed E-state index contributed by atoms with van der Waals surface area (Å²) in [5.41, 5.74) is 0.254. The van der Waals surface area contributed by atoms with Crippen molar-refractivity contribution < 1.29 is 19.8 Å². The zero-order valence-electron chi connectivity index (χ0n) is 7.23. The topological polar surface area (TPSA) is 102 Å². The smallest absolute Gasteiger partial charge is 0.328 e. The molecule has 6 heteroatoms. The van der Waals surface area contributed by atoms with Crippen molar-refractivity contribution in [3.63, 3.8) is 0 Å². The molecule has 14 heavy (non-hydrogen) atoms. The van der Waals surface area contributed by atoms with Crippen LogP contribution in [0.5, 0.6) is 0 Å². The molecule has 0 saturated carbocycles. The summed E-state index contributed by atoms with van der Waals surface area (Å²) in [5, 5.41) is 19.3. The number of H-pyrrole nitrogens is 1. The van der Waals surface area contributed by atoms with Crippen LogP contribution in [0.25, 0.3) is 0 Å². The number of carboxylic acids is 1. The van der Waals surface area contributed by atoms with Gasteiger partial charge < -0.3 is 20.5 Å². The van der Waals surface area contributed by atoms with E-state index in [4.69, 9.17) is 10.2 Å². The Balaban J connectivity index is 2.60. The largest absolute Gasteiger partial charge is 0.480 e. The number of aliphatic carboxylic acids is 1. The van der Waals surface area contributed by atoms with Crippen molar-refractivity contribution in [2.75, 3.05) is 6.61 Å². The number of aromatic amines is 1. The van der Waals surface area contributed by atoms with Gasteiger partial charge in [-0.1, -0.05) is 0 Å². The van der Waals surface area contributed by atoms with Gasteiger partial charge in [0.15, 0.2) is 6.04 Å². The number of carbonyl (C=O) groups is 2. The highest BCUT2D eigenvalue weighted by atomic mass is 16.4. The van der Waals surface area contributed by atoms with E-state index in [0.717, 1.165) is 0 Å². The minimum atomic E-state index is -1.27. The van der Waals surface area contributed by atoms with Crippen molar-refractivity contribution in [2.24, 2.45) is 0 Å². The molecule has 1 amide bonds. The molecule has 0 aromatic carbocycles. The fourth-order valence-electron chi connectivity index (χ4n) is 0.893. The summed E-state index contributed by atoms with van der Waals surface area (Å²) >= 11 is 0. The van der Waals surface area contributed by atoms with Crippen molar-refractivity contribution in [1.82, 2.24) is 10.3 Å². The zero-order valence-corrected chi connectivity index (χ0v) is 7.23. The predicted octanol–water partition coefficient (Wildman–Crippen LogP) is -0.810. The highest BCUT2D eigenvalue weighted by Gasteiger charge is 2.19. The van der Waals surface area contributed by atoms with Gasteiger partial charge in [-0.2, -0.15) is 0 Å². The molecular formula is C8H10N2O4. The maximum atomic E-state index is 11.3. The van der Waals surface area contributed by atoms with Gasteiger partial charge in [0.05, 0.1) is 6.61 Å². The van der Waals surface area contributed by atoms with Gasteiger partial charge in [0.2, 0.25) is 0 Å². The Bertz CT molecular complexity index is 320. The molecule has 0 radical (unpaired) electrons. The first-order valence-electron chi connectivity index (χ1n) is 3.93. The molecule has 76 valence electrons. The lowest BCUT2D eigenvalue weighted by Crippen LogP contribution is -2.43. The Labute approximate surface area is 79.6 Å². The number of nitrogens with one attached hydrogen (secondary N) is 2. The minimum absolute atomic E-state index is 0.254. The number of aromatic nitrogens is 1. The van der Waals surface area contributed by atoms with Crippen molar-refractivity contribution >= 4 is 11.9 Å². The van der Waals surface area contributed by atoms with Gasteiger partial charge in [0.25, 0.3) is 5.91 Å². The van der Waals surface area contributed by atoms with Crippen LogP contribution in [-0.4, -0.2) is 39.7 Å². The first-order valence-corrected chi connectivity index (χ1v) is 3.93. The third kappa shape index (κ3) is 2.33. The van der Waals surface area contributed by atoms with Gasteiger partial charge in [-0.25, -0.2) is 4.79 Å². The van der Waals surface area contributed by atoms with E-state index >= 15 is 0 Å². The number of aliphatic hydroxyl groups excluding tert-OH is 1. The lowest BCUT2D eigenvalue weighted by Gasteiger charge is -2.10. The van der Waals surface area contributed by atoms with Crippen molar-refractivity contribution in [3.05, 3.63) is 24.0 Å². The van der Waals surface area contributed by atoms with E-state index in [-0.39, 0.29) is 5.69 Å². The average molecular weight is 198 g/mol. The number of hydrogen-bond donors (Lipinski definition) is 4. The molecule has 6 nitrogen and oxygen atoms in total. The Kier molecular flexibility index (Phi) is 3.24. The maximum absolute atomic E-state index is 11.3. The molecule has 0 saturated heterocycles. The second kappa shape index (κ2) is 4.43. The molecule has 1 heterocycles. The SMILES string of the molecule is O=C(N[C@H](CO)C(=O)O)c1ccc[nH]1. The third-order valence-electron chi connectivity index (χ3n) is 1.63. The quantitative estimate of drug-likeness (QED) is 0.508. The second-order valence-electron chi connectivity index (χ2n) is 2.63. The fourth-order valence-corrected chi connectivity index (χ4v) is 0.893. The van der Waals surface area contributed by atoms with E-state index in [0.29, 0.717) is 0 Å². The van der Waals surface area contributed by atoms with Crippen LogP contribution in [0.15, 0.2) is 18.3 Å². The number of carbonyl (C=O) groups excluding carboxylic acids is 1. The van der Waals surface area contributed by atoms with Crippen molar-refractivity contribution in [1.29, 1.82) is 0 Å². The van der Waals surface area contributed by atoms with Crippen LogP contribution in [0.4, 0.5) is 0 Å². The van der Waals surface area contributed by atoms with Crippen molar-refractivity contribution in [2.45, 2.75) is 6.04 Å². The Hall–Kier alpha value is -1.82. The van der Waals surface area contributed by atoms with E-state index in [1.165, 1.54) is 6.07 Å². The summed E-state index contributed by atoms with van der Waals surface area (Å²) in [6.07, 6.45) is 1.55. The van der Waals surface area contributed by atoms with E-state index in [2.05, 4.69) is 10.3 Å². The van der Waals surface area contributed by atoms with E-state index in [9.17, 15) is 9.59 Å². The van der Waals surface area contributed by atoms with Crippen LogP contribution in [-0.2, 0) is 4.79 Å². The first kappa shape index (κ1) is 10.3. The molecule has 0 fully saturated rings. The fraction of sp³-hybridized carbons (Fsp3) is 0.250. The molecule has 4 N–H and O–H groups in total. The zero-order chi connectivity index (χ0) is 10.6. The second-order valence-corrected chi connectivity index (χ2v) is 2.63. The Morgan fingerprint density at radius 3 is 2.71 bits per heavy atom. The van der Waals surface area contributed by atoms with Crippen LogP contribution < -0.4 is 5.32 Å². The molecular weight excluding hydrogens is 188 g/mol. The normalized spacial score (nSPS) is 12.1. The number of carboxylic acid groups (broad SMARTS) is 1. The Morgan fingerprint density at radius 1 is 1.57 bits per heavy atom. The highest BCUT2D eigenvalue weighted by molar-refractivity contribution is 5.95. The van der Waals surface area contributed by atoms with Gasteiger partial charge in [0, 0.05) is 6.20 Å². The molecule has 1 rings (SSSR count). The monoisotopic (exact) mass is 198 g/mol. The van der Waals surface area contributed by atoms with Gasteiger partial charge in [-0.15, -0.1) is 0 Å². The van der Waals surface area contributed by atoms with Gasteiger partial charge in [-0.05, 0) is 12.1 Å². The van der Waals surface area contributed by atoms with Gasteiger partial charge in [-0.3, -0.25) is 4.79 Å². The predicted molar refractivity (Wildman–Crippen MR) is 46.8 cm³/mol. The summed E-state index contributed by atoms with van der Waals surface area (Å²) < 4.78 is 0. The molecule has 0 unspecified atom stereocenters. The number of hydrogen-bond acceptors (Lipinski definition) is 3. The highest BCUT2D eigenvalue weighted by Crippen LogP contribution is 1.95. The first-order chi connectivity index (χ1) is 6.65. The van der Waals surface area contributed by atoms with Crippen LogP contribution in [0.1, 0.15) is 10.5 Å². The lowest BCUT2D eigenvalue weighted by molar-refractivity contribution is -0.140. The molecule has 1 aromatic rings. The van der Waals surface area contributed by atoms with Gasteiger partial charge >= 0.3 is 5.97 Å². The average Bonchev–Trinajstić information content (AvgIpc) is 2.65. The molecule has 0 spiro atoms. The molecule has 0 aliphatic carbocycles. The third-order valence-corrected chi connectivity index (χ3v) is 1.63. The number of amides is 1. The molecule has 0 aliphatic rings. The minimum Gasteiger partial charge on any atom is -0.480 e. The van der Waals surface area contributed by atoms with Crippen LogP contribution in [0.3, 0.4) is 0 Å². The summed E-state index contributed by atoms with van der Waals surface area (Å²) in [6.45, 7) is -0.637. The number of rotatable bonds is 4. The van der Waals surface area contributed by atoms with Crippen LogP contribution in [0, 0.1) is 0 Å².